The van der Waals surface area contributed by atoms with Crippen molar-refractivity contribution >= 4 is 0 Å². The van der Waals surface area contributed by atoms with Gasteiger partial charge in [0.15, 0.2) is 0 Å². The van der Waals surface area contributed by atoms with Crippen LogP contribution in [0, 0.1) is 23.7 Å². The van der Waals surface area contributed by atoms with Gasteiger partial charge in [-0.25, -0.2) is 0 Å². The second kappa shape index (κ2) is 4.50. The molecule has 0 saturated heterocycles. The number of nitriles is 1. The highest BCUT2D eigenvalue weighted by atomic mass is 16.3. The first-order valence-electron chi connectivity index (χ1n) is 5.08. The first-order chi connectivity index (χ1) is 6.93. The van der Waals surface area contributed by atoms with Crippen molar-refractivity contribution < 1.29 is 4.42 Å². The van der Waals surface area contributed by atoms with E-state index in [4.69, 9.17) is 9.68 Å². The van der Waals surface area contributed by atoms with Crippen LogP contribution in [0.15, 0.2) is 16.5 Å². The van der Waals surface area contributed by atoms with E-state index in [0.717, 1.165) is 24.6 Å². The second-order valence-corrected chi connectivity index (χ2v) is 4.68. The molecule has 0 aliphatic rings. The largest absolute Gasteiger partial charge is 0.465 e. The summed E-state index contributed by atoms with van der Waals surface area (Å²) in [5.41, 5.74) is -0.309. The predicted octanol–water partition coefficient (Wildman–Crippen LogP) is 2.57. The van der Waals surface area contributed by atoms with Gasteiger partial charge < -0.3 is 4.42 Å². The SMILES string of the molecule is Cc1ccc(CN(C)CC(C)(C)C#N)o1. The Labute approximate surface area is 91.3 Å². The molecule has 0 saturated carbocycles. The molecule has 1 heterocycles. The first kappa shape index (κ1) is 11.8. The van der Waals surface area contributed by atoms with Crippen molar-refractivity contribution in [1.82, 2.24) is 4.90 Å². The Morgan fingerprint density at radius 1 is 1.47 bits per heavy atom. The molecule has 0 radical (unpaired) electrons. The van der Waals surface area contributed by atoms with Gasteiger partial charge in [-0.05, 0) is 40.0 Å². The highest BCUT2D eigenvalue weighted by Gasteiger charge is 2.19. The molecule has 15 heavy (non-hydrogen) atoms. The summed E-state index contributed by atoms with van der Waals surface area (Å²) in [5, 5.41) is 8.91. The van der Waals surface area contributed by atoms with Gasteiger partial charge in [0, 0.05) is 6.54 Å². The van der Waals surface area contributed by atoms with E-state index in [-0.39, 0.29) is 5.41 Å². The third-order valence-electron chi connectivity index (χ3n) is 2.19. The van der Waals surface area contributed by atoms with Gasteiger partial charge in [0.1, 0.15) is 11.5 Å². The van der Waals surface area contributed by atoms with Gasteiger partial charge in [-0.1, -0.05) is 0 Å². The summed E-state index contributed by atoms with van der Waals surface area (Å²) in [4.78, 5) is 2.10. The number of hydrogen-bond acceptors (Lipinski definition) is 3. The fraction of sp³-hybridized carbons (Fsp3) is 0.583. The quantitative estimate of drug-likeness (QED) is 0.760. The van der Waals surface area contributed by atoms with Gasteiger partial charge in [-0.2, -0.15) is 5.26 Å². The number of rotatable bonds is 4. The standard InChI is InChI=1S/C12H18N2O/c1-10-5-6-11(15-10)7-14(4)9-12(2,3)8-13/h5-6H,7,9H2,1-4H3. The van der Waals surface area contributed by atoms with Crippen molar-refractivity contribution in [2.75, 3.05) is 13.6 Å². The molecule has 0 spiro atoms. The van der Waals surface area contributed by atoms with Crippen molar-refractivity contribution in [2.24, 2.45) is 5.41 Å². The van der Waals surface area contributed by atoms with Crippen LogP contribution in [0.4, 0.5) is 0 Å². The number of furan rings is 1. The van der Waals surface area contributed by atoms with Gasteiger partial charge in [-0.3, -0.25) is 4.90 Å². The van der Waals surface area contributed by atoms with E-state index in [1.807, 2.05) is 40.0 Å². The van der Waals surface area contributed by atoms with E-state index in [1.165, 1.54) is 0 Å². The molecule has 1 rings (SSSR count). The predicted molar refractivity (Wildman–Crippen MR) is 59.2 cm³/mol. The maximum atomic E-state index is 8.91. The Bertz CT molecular complexity index is 360. The van der Waals surface area contributed by atoms with Crippen molar-refractivity contribution in [1.29, 1.82) is 5.26 Å². The molecular weight excluding hydrogens is 188 g/mol. The van der Waals surface area contributed by atoms with Crippen LogP contribution in [0.3, 0.4) is 0 Å². The molecule has 0 unspecified atom stereocenters. The Morgan fingerprint density at radius 3 is 2.60 bits per heavy atom. The van der Waals surface area contributed by atoms with Crippen LogP contribution in [-0.2, 0) is 6.54 Å². The molecule has 0 fully saturated rings. The van der Waals surface area contributed by atoms with E-state index in [0.29, 0.717) is 0 Å². The first-order valence-corrected chi connectivity index (χ1v) is 5.08. The zero-order valence-corrected chi connectivity index (χ0v) is 9.87. The number of nitrogens with zero attached hydrogens (tertiary/aromatic N) is 2. The fourth-order valence-electron chi connectivity index (χ4n) is 1.60. The highest BCUT2D eigenvalue weighted by molar-refractivity contribution is 5.05. The molecule has 0 aromatic carbocycles. The summed E-state index contributed by atoms with van der Waals surface area (Å²) in [7, 11) is 2.00. The average Bonchev–Trinajstić information content (AvgIpc) is 2.50. The van der Waals surface area contributed by atoms with E-state index < -0.39 is 0 Å². The maximum Gasteiger partial charge on any atom is 0.118 e. The van der Waals surface area contributed by atoms with Crippen LogP contribution in [0.2, 0.25) is 0 Å². The van der Waals surface area contributed by atoms with E-state index in [2.05, 4.69) is 11.0 Å². The fourth-order valence-corrected chi connectivity index (χ4v) is 1.60. The summed E-state index contributed by atoms with van der Waals surface area (Å²) in [6.45, 7) is 7.30. The van der Waals surface area contributed by atoms with E-state index >= 15 is 0 Å². The summed E-state index contributed by atoms with van der Waals surface area (Å²) < 4.78 is 5.48. The molecule has 3 nitrogen and oxygen atoms in total. The average molecular weight is 206 g/mol. The van der Waals surface area contributed by atoms with Crippen LogP contribution in [0.5, 0.6) is 0 Å². The maximum absolute atomic E-state index is 8.91. The van der Waals surface area contributed by atoms with Gasteiger partial charge >= 0.3 is 0 Å². The molecule has 0 atom stereocenters. The molecular formula is C12H18N2O. The monoisotopic (exact) mass is 206 g/mol. The van der Waals surface area contributed by atoms with Crippen molar-refractivity contribution in [3.63, 3.8) is 0 Å². The third-order valence-corrected chi connectivity index (χ3v) is 2.19. The molecule has 0 amide bonds. The van der Waals surface area contributed by atoms with Crippen LogP contribution in [0.25, 0.3) is 0 Å². The minimum atomic E-state index is -0.309. The van der Waals surface area contributed by atoms with Gasteiger partial charge in [0.2, 0.25) is 0 Å². The van der Waals surface area contributed by atoms with Gasteiger partial charge in [0.25, 0.3) is 0 Å². The summed E-state index contributed by atoms with van der Waals surface area (Å²) in [5.74, 6) is 1.88. The molecule has 0 N–H and O–H groups in total. The highest BCUT2D eigenvalue weighted by Crippen LogP contribution is 2.16. The molecule has 82 valence electrons. The van der Waals surface area contributed by atoms with Crippen molar-refractivity contribution in [3.8, 4) is 6.07 Å². The molecule has 1 aromatic heterocycles. The number of hydrogen-bond donors (Lipinski definition) is 0. The van der Waals surface area contributed by atoms with Crippen molar-refractivity contribution in [2.45, 2.75) is 27.3 Å². The molecule has 1 aromatic rings. The van der Waals surface area contributed by atoms with Crippen LogP contribution < -0.4 is 0 Å². The Balaban J connectivity index is 2.50. The van der Waals surface area contributed by atoms with E-state index in [1.54, 1.807) is 0 Å². The summed E-state index contributed by atoms with van der Waals surface area (Å²) >= 11 is 0. The molecule has 0 aliphatic heterocycles. The lowest BCUT2D eigenvalue weighted by molar-refractivity contribution is 0.231. The minimum Gasteiger partial charge on any atom is -0.465 e. The molecule has 0 bridgehead atoms. The lowest BCUT2D eigenvalue weighted by atomic mass is 9.95. The Hall–Kier alpha value is -1.27. The Kier molecular flexibility index (Phi) is 3.54. The third kappa shape index (κ3) is 3.77. The summed E-state index contributed by atoms with van der Waals surface area (Å²) in [6.07, 6.45) is 0. The number of aryl methyl sites for hydroxylation is 1. The normalized spacial score (nSPS) is 11.7. The lowest BCUT2D eigenvalue weighted by Crippen LogP contribution is -2.29. The second-order valence-electron chi connectivity index (χ2n) is 4.68. The Morgan fingerprint density at radius 2 is 2.13 bits per heavy atom. The summed E-state index contributed by atoms with van der Waals surface area (Å²) in [6, 6.07) is 6.23. The van der Waals surface area contributed by atoms with Crippen LogP contribution >= 0.6 is 0 Å². The van der Waals surface area contributed by atoms with Crippen LogP contribution in [-0.4, -0.2) is 18.5 Å². The van der Waals surface area contributed by atoms with Crippen molar-refractivity contribution in [3.05, 3.63) is 23.7 Å². The van der Waals surface area contributed by atoms with E-state index in [9.17, 15) is 0 Å². The minimum absolute atomic E-state index is 0.309. The smallest absolute Gasteiger partial charge is 0.118 e. The van der Waals surface area contributed by atoms with Gasteiger partial charge in [0.05, 0.1) is 18.0 Å². The zero-order chi connectivity index (χ0) is 11.5. The van der Waals surface area contributed by atoms with Gasteiger partial charge in [-0.15, -0.1) is 0 Å². The zero-order valence-electron chi connectivity index (χ0n) is 9.87. The molecule has 3 heteroatoms. The molecule has 0 aliphatic carbocycles. The van der Waals surface area contributed by atoms with Crippen LogP contribution in [0.1, 0.15) is 25.4 Å². The lowest BCUT2D eigenvalue weighted by Gasteiger charge is -2.23. The topological polar surface area (TPSA) is 40.2 Å².